The minimum atomic E-state index is -0.498. The first-order valence-electron chi connectivity index (χ1n) is 6.52. The Morgan fingerprint density at radius 3 is 2.25 bits per heavy atom. The highest BCUT2D eigenvalue weighted by molar-refractivity contribution is 7.98. The molecule has 1 rings (SSSR count). The maximum absolute atomic E-state index is 11.8. The lowest BCUT2D eigenvalue weighted by Crippen LogP contribution is -2.36. The lowest BCUT2D eigenvalue weighted by molar-refractivity contribution is -0.117. The zero-order valence-electron chi connectivity index (χ0n) is 11.8. The van der Waals surface area contributed by atoms with Gasteiger partial charge in [-0.2, -0.15) is 11.8 Å². The third-order valence-corrected chi connectivity index (χ3v) is 3.37. The van der Waals surface area contributed by atoms with E-state index >= 15 is 0 Å². The van der Waals surface area contributed by atoms with Crippen LogP contribution in [0.15, 0.2) is 24.3 Å². The predicted molar refractivity (Wildman–Crippen MR) is 85.0 cm³/mol. The van der Waals surface area contributed by atoms with Crippen LogP contribution < -0.4 is 16.4 Å². The molecule has 0 aromatic heterocycles. The van der Waals surface area contributed by atoms with Crippen LogP contribution in [-0.4, -0.2) is 29.9 Å². The third kappa shape index (κ3) is 5.63. The van der Waals surface area contributed by atoms with Crippen molar-refractivity contribution in [1.82, 2.24) is 0 Å². The number of nitrogens with two attached hydrogens (primary N) is 1. The zero-order valence-corrected chi connectivity index (χ0v) is 12.6. The summed E-state index contributed by atoms with van der Waals surface area (Å²) >= 11 is 1.66. The fourth-order valence-electron chi connectivity index (χ4n) is 1.50. The first kappa shape index (κ1) is 16.5. The molecule has 0 radical (unpaired) electrons. The molecule has 4 N–H and O–H groups in total. The summed E-state index contributed by atoms with van der Waals surface area (Å²) in [4.78, 5) is 23.0. The molecule has 6 heteroatoms. The molecule has 5 nitrogen and oxygen atoms in total. The molecule has 1 atom stereocenters. The van der Waals surface area contributed by atoms with Crippen molar-refractivity contribution in [3.63, 3.8) is 0 Å². The van der Waals surface area contributed by atoms with Crippen molar-refractivity contribution >= 4 is 35.0 Å². The SMILES string of the molecule is CCC(=O)Nc1ccc(NC(=O)[C@H](N)CCSC)cc1. The summed E-state index contributed by atoms with van der Waals surface area (Å²) in [6.45, 7) is 1.79. The lowest BCUT2D eigenvalue weighted by atomic mass is 10.2. The van der Waals surface area contributed by atoms with Crippen molar-refractivity contribution < 1.29 is 9.59 Å². The first-order chi connectivity index (χ1) is 9.56. The maximum atomic E-state index is 11.8. The van der Waals surface area contributed by atoms with Gasteiger partial charge < -0.3 is 16.4 Å². The second-order valence-corrected chi connectivity index (χ2v) is 5.34. The Kier molecular flexibility index (Phi) is 7.11. The van der Waals surface area contributed by atoms with Crippen LogP contribution in [0.2, 0.25) is 0 Å². The Morgan fingerprint density at radius 2 is 1.75 bits per heavy atom. The summed E-state index contributed by atoms with van der Waals surface area (Å²) in [5.41, 5.74) is 7.16. The van der Waals surface area contributed by atoms with Gasteiger partial charge in [0.15, 0.2) is 0 Å². The molecule has 1 aromatic carbocycles. The van der Waals surface area contributed by atoms with Crippen LogP contribution in [0.25, 0.3) is 0 Å². The van der Waals surface area contributed by atoms with Crippen molar-refractivity contribution in [1.29, 1.82) is 0 Å². The quantitative estimate of drug-likeness (QED) is 0.719. The van der Waals surface area contributed by atoms with Gasteiger partial charge in [0.25, 0.3) is 0 Å². The Bertz CT molecular complexity index is 448. The number of nitrogens with one attached hydrogen (secondary N) is 2. The monoisotopic (exact) mass is 295 g/mol. The molecule has 1 aromatic rings. The van der Waals surface area contributed by atoms with E-state index in [4.69, 9.17) is 5.73 Å². The summed E-state index contributed by atoms with van der Waals surface area (Å²) in [6.07, 6.45) is 3.06. The van der Waals surface area contributed by atoms with Gasteiger partial charge in [-0.25, -0.2) is 0 Å². The minimum Gasteiger partial charge on any atom is -0.326 e. The summed E-state index contributed by atoms with van der Waals surface area (Å²) in [6, 6.07) is 6.48. The van der Waals surface area contributed by atoms with Gasteiger partial charge in [-0.3, -0.25) is 9.59 Å². The van der Waals surface area contributed by atoms with Crippen LogP contribution in [0.5, 0.6) is 0 Å². The second-order valence-electron chi connectivity index (χ2n) is 4.36. The topological polar surface area (TPSA) is 84.2 Å². The fraction of sp³-hybridized carbons (Fsp3) is 0.429. The minimum absolute atomic E-state index is 0.0409. The Labute approximate surface area is 123 Å². The summed E-state index contributed by atoms with van der Waals surface area (Å²) < 4.78 is 0. The standard InChI is InChI=1S/C14H21N3O2S/c1-3-13(18)16-10-4-6-11(7-5-10)17-14(19)12(15)8-9-20-2/h4-7,12H,3,8-9,15H2,1-2H3,(H,16,18)(H,17,19)/t12-/m1/s1. The van der Waals surface area contributed by atoms with E-state index in [1.165, 1.54) is 0 Å². The van der Waals surface area contributed by atoms with Crippen LogP contribution in [0.1, 0.15) is 19.8 Å². The number of benzene rings is 1. The van der Waals surface area contributed by atoms with Gasteiger partial charge in [-0.15, -0.1) is 0 Å². The van der Waals surface area contributed by atoms with Crippen molar-refractivity contribution in [3.8, 4) is 0 Å². The molecule has 0 aliphatic heterocycles. The van der Waals surface area contributed by atoms with Crippen molar-refractivity contribution in [3.05, 3.63) is 24.3 Å². The van der Waals surface area contributed by atoms with Gasteiger partial charge in [0.2, 0.25) is 11.8 Å². The number of carbonyl (C=O) groups excluding carboxylic acids is 2. The number of amides is 2. The highest BCUT2D eigenvalue weighted by Gasteiger charge is 2.12. The number of hydrogen-bond acceptors (Lipinski definition) is 4. The summed E-state index contributed by atoms with van der Waals surface area (Å²) in [5.74, 6) is 0.626. The van der Waals surface area contributed by atoms with Crippen LogP contribution in [-0.2, 0) is 9.59 Å². The second kappa shape index (κ2) is 8.60. The molecule has 0 saturated carbocycles. The fourth-order valence-corrected chi connectivity index (χ4v) is 1.99. The molecule has 20 heavy (non-hydrogen) atoms. The Hall–Kier alpha value is -1.53. The Morgan fingerprint density at radius 1 is 1.20 bits per heavy atom. The van der Waals surface area contributed by atoms with Crippen molar-refractivity contribution in [2.45, 2.75) is 25.8 Å². The van der Waals surface area contributed by atoms with Crippen LogP contribution in [0.3, 0.4) is 0 Å². The molecule has 110 valence electrons. The molecule has 0 saturated heterocycles. The predicted octanol–water partition coefficient (Wildman–Crippen LogP) is 2.05. The zero-order chi connectivity index (χ0) is 15.0. The molecule has 0 spiro atoms. The number of carbonyl (C=O) groups is 2. The van der Waals surface area contributed by atoms with Crippen LogP contribution in [0.4, 0.5) is 11.4 Å². The largest absolute Gasteiger partial charge is 0.326 e. The van der Waals surface area contributed by atoms with E-state index in [2.05, 4.69) is 10.6 Å². The Balaban J connectivity index is 2.52. The third-order valence-electron chi connectivity index (χ3n) is 2.73. The highest BCUT2D eigenvalue weighted by atomic mass is 32.2. The van der Waals surface area contributed by atoms with E-state index in [1.807, 2.05) is 6.26 Å². The van der Waals surface area contributed by atoms with E-state index in [-0.39, 0.29) is 11.8 Å². The molecule has 0 aliphatic rings. The smallest absolute Gasteiger partial charge is 0.241 e. The van der Waals surface area contributed by atoms with E-state index in [0.29, 0.717) is 24.2 Å². The van der Waals surface area contributed by atoms with E-state index in [1.54, 1.807) is 43.0 Å². The first-order valence-corrected chi connectivity index (χ1v) is 7.91. The van der Waals surface area contributed by atoms with Crippen molar-refractivity contribution in [2.75, 3.05) is 22.6 Å². The molecule has 0 heterocycles. The molecular weight excluding hydrogens is 274 g/mol. The molecule has 2 amide bonds. The van der Waals surface area contributed by atoms with Gasteiger partial charge in [-0.1, -0.05) is 6.92 Å². The average Bonchev–Trinajstić information content (AvgIpc) is 2.46. The summed E-state index contributed by atoms with van der Waals surface area (Å²) in [7, 11) is 0. The van der Waals surface area contributed by atoms with Crippen molar-refractivity contribution in [2.24, 2.45) is 5.73 Å². The molecular formula is C14H21N3O2S. The van der Waals surface area contributed by atoms with E-state index in [9.17, 15) is 9.59 Å². The van der Waals surface area contributed by atoms with Gasteiger partial charge in [0.05, 0.1) is 6.04 Å². The molecule has 0 unspecified atom stereocenters. The molecule has 0 bridgehead atoms. The van der Waals surface area contributed by atoms with Crippen LogP contribution >= 0.6 is 11.8 Å². The highest BCUT2D eigenvalue weighted by Crippen LogP contribution is 2.14. The number of rotatable bonds is 7. The number of thioether (sulfide) groups is 1. The summed E-state index contributed by atoms with van der Waals surface area (Å²) in [5, 5.41) is 5.50. The maximum Gasteiger partial charge on any atom is 0.241 e. The lowest BCUT2D eigenvalue weighted by Gasteiger charge is -2.12. The number of anilines is 2. The molecule has 0 aliphatic carbocycles. The van der Waals surface area contributed by atoms with Gasteiger partial charge in [-0.05, 0) is 42.7 Å². The normalized spacial score (nSPS) is 11.8. The van der Waals surface area contributed by atoms with E-state index < -0.39 is 6.04 Å². The van der Waals surface area contributed by atoms with Gasteiger partial charge >= 0.3 is 0 Å². The average molecular weight is 295 g/mol. The molecule has 0 fully saturated rings. The number of hydrogen-bond donors (Lipinski definition) is 3. The van der Waals surface area contributed by atoms with E-state index in [0.717, 1.165) is 5.75 Å². The van der Waals surface area contributed by atoms with Gasteiger partial charge in [0.1, 0.15) is 0 Å². The van der Waals surface area contributed by atoms with Gasteiger partial charge in [0, 0.05) is 17.8 Å². The van der Waals surface area contributed by atoms with Crippen LogP contribution in [0, 0.1) is 0 Å².